The minimum absolute atomic E-state index is 0.0201. The van der Waals surface area contributed by atoms with E-state index >= 15 is 4.39 Å². The van der Waals surface area contributed by atoms with Crippen LogP contribution in [0.1, 0.15) is 48.5 Å². The Morgan fingerprint density at radius 3 is 2.65 bits per heavy atom. The molecular formula is C24H30FN5O3S. The first kappa shape index (κ1) is 24.5. The molecule has 4 rings (SSSR count). The van der Waals surface area contributed by atoms with Crippen molar-refractivity contribution < 1.29 is 17.9 Å². The Bertz CT molecular complexity index is 1280. The lowest BCUT2D eigenvalue weighted by Gasteiger charge is -2.34. The quantitative estimate of drug-likeness (QED) is 0.530. The maximum Gasteiger partial charge on any atom is 0.238 e. The van der Waals surface area contributed by atoms with Crippen LogP contribution in [0.4, 0.5) is 4.39 Å². The van der Waals surface area contributed by atoms with E-state index in [1.54, 1.807) is 0 Å². The third-order valence-corrected chi connectivity index (χ3v) is 7.20. The molecule has 3 N–H and O–H groups in total. The molecule has 0 aliphatic heterocycles. The first-order valence-corrected chi connectivity index (χ1v) is 12.9. The molecule has 1 aromatic heterocycles. The number of aliphatic hydroxyl groups excluding tert-OH is 1. The van der Waals surface area contributed by atoms with Gasteiger partial charge in [-0.15, -0.1) is 5.10 Å². The Morgan fingerprint density at radius 1 is 1.21 bits per heavy atom. The van der Waals surface area contributed by atoms with Gasteiger partial charge in [0.15, 0.2) is 5.82 Å². The lowest BCUT2D eigenvalue weighted by Crippen LogP contribution is -2.43. The van der Waals surface area contributed by atoms with Crippen molar-refractivity contribution in [1.29, 1.82) is 0 Å². The van der Waals surface area contributed by atoms with Crippen molar-refractivity contribution in [2.45, 2.75) is 62.6 Å². The predicted octanol–water partition coefficient (Wildman–Crippen LogP) is 2.69. The average Bonchev–Trinajstić information content (AvgIpc) is 3.14. The van der Waals surface area contributed by atoms with Crippen LogP contribution in [0.25, 0.3) is 5.69 Å². The molecule has 1 aliphatic rings. The van der Waals surface area contributed by atoms with Crippen LogP contribution >= 0.6 is 0 Å². The van der Waals surface area contributed by atoms with Crippen LogP contribution in [0.15, 0.2) is 47.4 Å². The van der Waals surface area contributed by atoms with E-state index in [9.17, 15) is 13.5 Å². The number of halogens is 1. The van der Waals surface area contributed by atoms with Gasteiger partial charge in [0.2, 0.25) is 10.0 Å². The van der Waals surface area contributed by atoms with Crippen molar-refractivity contribution in [3.63, 3.8) is 0 Å². The number of sulfonamides is 1. The highest BCUT2D eigenvalue weighted by molar-refractivity contribution is 7.89. The first-order valence-electron chi connectivity index (χ1n) is 11.3. The molecule has 0 radical (unpaired) electrons. The number of rotatable bonds is 7. The van der Waals surface area contributed by atoms with Crippen molar-refractivity contribution in [3.05, 3.63) is 71.1 Å². The number of hydrogen-bond acceptors (Lipinski definition) is 6. The molecule has 0 amide bonds. The summed E-state index contributed by atoms with van der Waals surface area (Å²) in [5.74, 6) is 0.267. The highest BCUT2D eigenvalue weighted by Gasteiger charge is 2.28. The van der Waals surface area contributed by atoms with E-state index in [2.05, 4.69) is 5.10 Å². The number of benzene rings is 2. The van der Waals surface area contributed by atoms with Gasteiger partial charge in [-0.05, 0) is 50.6 Å². The first-order chi connectivity index (χ1) is 16.1. The van der Waals surface area contributed by atoms with Crippen molar-refractivity contribution in [1.82, 2.24) is 19.7 Å². The zero-order chi connectivity index (χ0) is 24.5. The molecule has 2 unspecified atom stereocenters. The molecule has 182 valence electrons. The van der Waals surface area contributed by atoms with Crippen LogP contribution in [-0.4, -0.2) is 52.4 Å². The smallest absolute Gasteiger partial charge is 0.238 e. The standard InChI is InChI=1S/C24H30FN5O3S/c1-16-6-5-7-17(12-16)13-24-27-23(15-29(2)21-8-3-4-9-22(21)31)28-30(24)20-11-10-18(14-19(20)25)34(26,32)33/h5-7,10-12,14,21-22,31H,3-4,8-9,13,15H2,1-2H3,(H2,26,32,33). The minimum atomic E-state index is -4.03. The van der Waals surface area contributed by atoms with Crippen LogP contribution in [0, 0.1) is 12.7 Å². The summed E-state index contributed by atoms with van der Waals surface area (Å²) in [4.78, 5) is 6.44. The van der Waals surface area contributed by atoms with Crippen LogP contribution in [0.2, 0.25) is 0 Å². The number of nitrogens with two attached hydrogens (primary N) is 1. The summed E-state index contributed by atoms with van der Waals surface area (Å²) < 4.78 is 39.7. The van der Waals surface area contributed by atoms with Gasteiger partial charge in [0.05, 0.1) is 17.5 Å². The maximum atomic E-state index is 15.0. The van der Waals surface area contributed by atoms with E-state index in [1.807, 2.05) is 43.1 Å². The molecule has 2 aromatic carbocycles. The summed E-state index contributed by atoms with van der Waals surface area (Å²) in [6.07, 6.45) is 3.78. The van der Waals surface area contributed by atoms with Gasteiger partial charge in [-0.2, -0.15) is 0 Å². The topological polar surface area (TPSA) is 114 Å². The summed E-state index contributed by atoms with van der Waals surface area (Å²) in [6, 6.07) is 11.5. The lowest BCUT2D eigenvalue weighted by atomic mass is 9.91. The molecule has 0 spiro atoms. The number of primary sulfonamides is 1. The molecule has 0 saturated heterocycles. The molecule has 2 atom stereocenters. The van der Waals surface area contributed by atoms with Crippen molar-refractivity contribution in [2.24, 2.45) is 5.14 Å². The molecule has 1 aliphatic carbocycles. The highest BCUT2D eigenvalue weighted by atomic mass is 32.2. The Kier molecular flexibility index (Phi) is 7.13. The van der Waals surface area contributed by atoms with Gasteiger partial charge in [-0.25, -0.2) is 27.6 Å². The van der Waals surface area contributed by atoms with E-state index in [0.29, 0.717) is 24.6 Å². The number of hydrogen-bond donors (Lipinski definition) is 2. The van der Waals surface area contributed by atoms with Crippen LogP contribution in [-0.2, 0) is 23.0 Å². The Morgan fingerprint density at radius 2 is 1.97 bits per heavy atom. The van der Waals surface area contributed by atoms with Gasteiger partial charge < -0.3 is 5.11 Å². The monoisotopic (exact) mass is 487 g/mol. The van der Waals surface area contributed by atoms with Gasteiger partial charge in [0, 0.05) is 12.5 Å². The fourth-order valence-electron chi connectivity index (χ4n) is 4.55. The Hall–Kier alpha value is -2.66. The second kappa shape index (κ2) is 9.91. The third-order valence-electron chi connectivity index (χ3n) is 6.29. The Balaban J connectivity index is 1.70. The molecule has 1 heterocycles. The largest absolute Gasteiger partial charge is 0.391 e. The zero-order valence-electron chi connectivity index (χ0n) is 19.4. The third kappa shape index (κ3) is 5.52. The molecule has 10 heteroatoms. The molecule has 8 nitrogen and oxygen atoms in total. The lowest BCUT2D eigenvalue weighted by molar-refractivity contribution is 0.0278. The van der Waals surface area contributed by atoms with Crippen LogP contribution in [0.5, 0.6) is 0 Å². The van der Waals surface area contributed by atoms with Crippen LogP contribution < -0.4 is 5.14 Å². The second-order valence-electron chi connectivity index (χ2n) is 9.01. The molecule has 1 saturated carbocycles. The summed E-state index contributed by atoms with van der Waals surface area (Å²) in [5, 5.41) is 20.1. The van der Waals surface area contributed by atoms with E-state index in [4.69, 9.17) is 10.1 Å². The van der Waals surface area contributed by atoms with Gasteiger partial charge in [0.1, 0.15) is 17.3 Å². The SMILES string of the molecule is Cc1cccc(Cc2nc(CN(C)C3CCCCC3O)nn2-c2ccc(S(N)(=O)=O)cc2F)c1. The van der Waals surface area contributed by atoms with Crippen LogP contribution in [0.3, 0.4) is 0 Å². The molecule has 3 aromatic rings. The Labute approximate surface area is 199 Å². The van der Waals surface area contributed by atoms with Crippen molar-refractivity contribution >= 4 is 10.0 Å². The molecule has 1 fully saturated rings. The van der Waals surface area contributed by atoms with Crippen molar-refractivity contribution in [3.8, 4) is 5.69 Å². The van der Waals surface area contributed by atoms with Gasteiger partial charge in [-0.3, -0.25) is 4.90 Å². The fraction of sp³-hybridized carbons (Fsp3) is 0.417. The predicted molar refractivity (Wildman–Crippen MR) is 126 cm³/mol. The van der Waals surface area contributed by atoms with Gasteiger partial charge >= 0.3 is 0 Å². The van der Waals surface area contributed by atoms with Gasteiger partial charge in [0.25, 0.3) is 0 Å². The molecule has 34 heavy (non-hydrogen) atoms. The number of aryl methyl sites for hydroxylation is 1. The summed E-state index contributed by atoms with van der Waals surface area (Å²) in [6.45, 7) is 2.39. The number of nitrogens with zero attached hydrogens (tertiary/aromatic N) is 4. The van der Waals surface area contributed by atoms with E-state index in [1.165, 1.54) is 16.8 Å². The van der Waals surface area contributed by atoms with E-state index < -0.39 is 21.9 Å². The summed E-state index contributed by atoms with van der Waals surface area (Å²) >= 11 is 0. The average molecular weight is 488 g/mol. The van der Waals surface area contributed by atoms with E-state index in [-0.39, 0.29) is 16.6 Å². The zero-order valence-corrected chi connectivity index (χ0v) is 20.2. The minimum Gasteiger partial charge on any atom is -0.391 e. The summed E-state index contributed by atoms with van der Waals surface area (Å²) in [5.41, 5.74) is 2.19. The highest BCUT2D eigenvalue weighted by Crippen LogP contribution is 2.24. The second-order valence-corrected chi connectivity index (χ2v) is 10.6. The van der Waals surface area contributed by atoms with Crippen molar-refractivity contribution in [2.75, 3.05) is 7.05 Å². The van der Waals surface area contributed by atoms with E-state index in [0.717, 1.165) is 42.9 Å². The number of aliphatic hydroxyl groups is 1. The number of likely N-dealkylation sites (N-methyl/N-ethyl adjacent to an activating group) is 1. The van der Waals surface area contributed by atoms with Gasteiger partial charge in [-0.1, -0.05) is 42.7 Å². The number of aromatic nitrogens is 3. The maximum absolute atomic E-state index is 15.0. The summed E-state index contributed by atoms with van der Waals surface area (Å²) in [7, 11) is -2.10. The molecule has 0 bridgehead atoms. The normalized spacial score (nSPS) is 19.0. The fourth-order valence-corrected chi connectivity index (χ4v) is 5.08. The molecular weight excluding hydrogens is 457 g/mol.